The molecule has 3 N–H and O–H groups in total. The van der Waals surface area contributed by atoms with E-state index in [4.69, 9.17) is 40.2 Å². The summed E-state index contributed by atoms with van der Waals surface area (Å²) in [4.78, 5) is 12.2. The second kappa shape index (κ2) is 8.92. The molecule has 8 heteroatoms. The highest BCUT2D eigenvalue weighted by Gasteiger charge is 2.27. The Morgan fingerprint density at radius 2 is 1.84 bits per heavy atom. The van der Waals surface area contributed by atoms with Gasteiger partial charge in [0.05, 0.1) is 17.2 Å². The van der Waals surface area contributed by atoms with Crippen LogP contribution < -0.4 is 20.9 Å². The summed E-state index contributed by atoms with van der Waals surface area (Å²) >= 11 is 17.4. The molecule has 0 aliphatic heterocycles. The maximum atomic E-state index is 12.2. The van der Waals surface area contributed by atoms with Gasteiger partial charge in [0.1, 0.15) is 0 Å². The first-order chi connectivity index (χ1) is 11.8. The summed E-state index contributed by atoms with van der Waals surface area (Å²) in [5, 5.41) is 4.21. The van der Waals surface area contributed by atoms with Crippen LogP contribution in [0.2, 0.25) is 10.0 Å². The molecule has 0 bridgehead atoms. The fraction of sp³-hybridized carbons (Fsp3) is 0.529. The molecule has 25 heavy (non-hydrogen) atoms. The minimum atomic E-state index is -0.388. The summed E-state index contributed by atoms with van der Waals surface area (Å²) in [5.74, 6) is 1.14. The van der Waals surface area contributed by atoms with Gasteiger partial charge in [0.2, 0.25) is 0 Å². The summed E-state index contributed by atoms with van der Waals surface area (Å²) in [6, 6.07) is 3.29. The van der Waals surface area contributed by atoms with E-state index in [-0.39, 0.29) is 16.0 Å². The summed E-state index contributed by atoms with van der Waals surface area (Å²) in [7, 11) is 1.46. The van der Waals surface area contributed by atoms with Crippen LogP contribution in [0.1, 0.15) is 43.5 Å². The third-order valence-corrected chi connectivity index (χ3v) is 5.56. The monoisotopic (exact) mass is 403 g/mol. The number of ether oxygens (including phenoxy) is 1. The lowest BCUT2D eigenvalue weighted by atomic mass is 9.78. The standard InChI is InChI=1S/C17H23Cl2N3O2S/c1-9-5-4-6-14(10(9)2)20-17(25)22-21-16(23)11-7-12(18)15(24-3)13(19)8-11/h7-10,14H,4-6H2,1-3H3,(H,21,23)(H2,20,22,25)/t9-,10+,14-/m0/s1. The molecule has 2 rings (SSSR count). The second-order valence-corrected chi connectivity index (χ2v) is 7.62. The molecule has 0 unspecified atom stereocenters. The zero-order chi connectivity index (χ0) is 18.6. The van der Waals surface area contributed by atoms with E-state index in [2.05, 4.69) is 30.0 Å². The number of rotatable bonds is 3. The van der Waals surface area contributed by atoms with E-state index in [1.165, 1.54) is 32.1 Å². The van der Waals surface area contributed by atoms with Crippen molar-refractivity contribution >= 4 is 46.4 Å². The van der Waals surface area contributed by atoms with Gasteiger partial charge in [-0.3, -0.25) is 15.6 Å². The molecule has 0 heterocycles. The summed E-state index contributed by atoms with van der Waals surface area (Å²) in [6.07, 6.45) is 3.50. The van der Waals surface area contributed by atoms with Crippen LogP contribution in [0, 0.1) is 11.8 Å². The van der Waals surface area contributed by atoms with E-state index >= 15 is 0 Å². The van der Waals surface area contributed by atoms with Crippen molar-refractivity contribution in [2.75, 3.05) is 7.11 Å². The highest BCUT2D eigenvalue weighted by atomic mass is 35.5. The molecule has 1 fully saturated rings. The third-order valence-electron chi connectivity index (χ3n) is 4.78. The SMILES string of the molecule is COc1c(Cl)cc(C(=O)NNC(=S)N[C@H]2CCC[C@H](C)[C@H]2C)cc1Cl. The normalized spacial score (nSPS) is 22.8. The fourth-order valence-corrected chi connectivity index (χ4v) is 3.91. The molecule has 0 aromatic heterocycles. The maximum absolute atomic E-state index is 12.2. The second-order valence-electron chi connectivity index (χ2n) is 6.40. The van der Waals surface area contributed by atoms with Crippen molar-refractivity contribution < 1.29 is 9.53 Å². The Balaban J connectivity index is 1.90. The number of nitrogens with one attached hydrogen (secondary N) is 3. The van der Waals surface area contributed by atoms with Crippen LogP contribution >= 0.6 is 35.4 Å². The number of thiocarbonyl (C=S) groups is 1. The van der Waals surface area contributed by atoms with Crippen LogP contribution in [-0.4, -0.2) is 24.2 Å². The van der Waals surface area contributed by atoms with E-state index in [0.717, 1.165) is 6.42 Å². The van der Waals surface area contributed by atoms with Crippen LogP contribution in [0.15, 0.2) is 12.1 Å². The minimum Gasteiger partial charge on any atom is -0.494 e. The van der Waals surface area contributed by atoms with Crippen molar-refractivity contribution in [3.8, 4) is 5.75 Å². The number of methoxy groups -OCH3 is 1. The highest BCUT2D eigenvalue weighted by Crippen LogP contribution is 2.33. The van der Waals surface area contributed by atoms with E-state index in [0.29, 0.717) is 34.3 Å². The number of hydrogen-bond acceptors (Lipinski definition) is 3. The van der Waals surface area contributed by atoms with E-state index in [9.17, 15) is 4.79 Å². The number of benzene rings is 1. The first kappa shape index (κ1) is 20.1. The molecule has 138 valence electrons. The molecule has 1 aromatic carbocycles. The van der Waals surface area contributed by atoms with Crippen molar-refractivity contribution in [2.45, 2.75) is 39.2 Å². The van der Waals surface area contributed by atoms with Gasteiger partial charge in [0, 0.05) is 11.6 Å². The van der Waals surface area contributed by atoms with E-state index in [1.807, 2.05) is 0 Å². The number of halogens is 2. The van der Waals surface area contributed by atoms with Crippen molar-refractivity contribution in [1.29, 1.82) is 0 Å². The van der Waals surface area contributed by atoms with Crippen molar-refractivity contribution in [2.24, 2.45) is 11.8 Å². The minimum absolute atomic E-state index is 0.269. The van der Waals surface area contributed by atoms with Gasteiger partial charge in [-0.15, -0.1) is 0 Å². The molecule has 1 aliphatic rings. The average molecular weight is 404 g/mol. The molecule has 1 aliphatic carbocycles. The van der Waals surface area contributed by atoms with Gasteiger partial charge in [-0.25, -0.2) is 0 Å². The van der Waals surface area contributed by atoms with Gasteiger partial charge in [-0.05, 0) is 42.6 Å². The molecule has 0 saturated heterocycles. The van der Waals surface area contributed by atoms with Crippen LogP contribution in [0.25, 0.3) is 0 Å². The summed E-state index contributed by atoms with van der Waals surface area (Å²) < 4.78 is 5.07. The first-order valence-corrected chi connectivity index (χ1v) is 9.39. The maximum Gasteiger partial charge on any atom is 0.269 e. The van der Waals surface area contributed by atoms with Gasteiger partial charge < -0.3 is 10.1 Å². The van der Waals surface area contributed by atoms with Gasteiger partial charge in [-0.1, -0.05) is 49.9 Å². The Kier molecular flexibility index (Phi) is 7.16. The lowest BCUT2D eigenvalue weighted by Gasteiger charge is -2.35. The number of carbonyl (C=O) groups excluding carboxylic acids is 1. The Labute approximate surface area is 163 Å². The Bertz CT molecular complexity index is 634. The molecule has 3 atom stereocenters. The van der Waals surface area contributed by atoms with Crippen LogP contribution in [0.4, 0.5) is 0 Å². The molecular formula is C17H23Cl2N3O2S. The number of hydrazine groups is 1. The van der Waals surface area contributed by atoms with Gasteiger partial charge in [0.25, 0.3) is 5.91 Å². The summed E-state index contributed by atoms with van der Waals surface area (Å²) in [5.41, 5.74) is 5.60. The largest absolute Gasteiger partial charge is 0.494 e. The molecule has 1 amide bonds. The number of hydrogen-bond donors (Lipinski definition) is 3. The van der Waals surface area contributed by atoms with Crippen molar-refractivity contribution in [1.82, 2.24) is 16.2 Å². The van der Waals surface area contributed by atoms with Crippen LogP contribution in [0.3, 0.4) is 0 Å². The predicted octanol–water partition coefficient (Wildman–Crippen LogP) is 3.94. The molecule has 0 radical (unpaired) electrons. The first-order valence-electron chi connectivity index (χ1n) is 8.23. The van der Waals surface area contributed by atoms with E-state index in [1.54, 1.807) is 0 Å². The lowest BCUT2D eigenvalue weighted by Crippen LogP contribution is -2.52. The van der Waals surface area contributed by atoms with Crippen LogP contribution in [0.5, 0.6) is 5.75 Å². The highest BCUT2D eigenvalue weighted by molar-refractivity contribution is 7.80. The Morgan fingerprint density at radius 1 is 1.20 bits per heavy atom. The number of carbonyl (C=O) groups is 1. The van der Waals surface area contributed by atoms with Gasteiger partial charge in [-0.2, -0.15) is 0 Å². The topological polar surface area (TPSA) is 62.4 Å². The third kappa shape index (κ3) is 5.12. The van der Waals surface area contributed by atoms with Crippen molar-refractivity contribution in [3.05, 3.63) is 27.7 Å². The zero-order valence-electron chi connectivity index (χ0n) is 14.5. The predicted molar refractivity (Wildman–Crippen MR) is 105 cm³/mol. The molecule has 5 nitrogen and oxygen atoms in total. The quantitative estimate of drug-likeness (QED) is 0.526. The Hall–Kier alpha value is -1.24. The van der Waals surface area contributed by atoms with E-state index < -0.39 is 0 Å². The molecule has 0 spiro atoms. The lowest BCUT2D eigenvalue weighted by molar-refractivity contribution is 0.0943. The summed E-state index contributed by atoms with van der Waals surface area (Å²) in [6.45, 7) is 4.48. The average Bonchev–Trinajstić information content (AvgIpc) is 2.56. The molecule has 1 saturated carbocycles. The molecule has 1 aromatic rings. The van der Waals surface area contributed by atoms with Crippen LogP contribution in [-0.2, 0) is 0 Å². The van der Waals surface area contributed by atoms with Gasteiger partial charge >= 0.3 is 0 Å². The fourth-order valence-electron chi connectivity index (χ4n) is 3.06. The molecular weight excluding hydrogens is 381 g/mol. The van der Waals surface area contributed by atoms with Gasteiger partial charge in [0.15, 0.2) is 10.9 Å². The number of amides is 1. The van der Waals surface area contributed by atoms with Crippen molar-refractivity contribution in [3.63, 3.8) is 0 Å². The smallest absolute Gasteiger partial charge is 0.269 e. The Morgan fingerprint density at radius 3 is 2.44 bits per heavy atom. The zero-order valence-corrected chi connectivity index (χ0v) is 16.8.